The van der Waals surface area contributed by atoms with Crippen LogP contribution in [0.5, 0.6) is 5.75 Å². The van der Waals surface area contributed by atoms with Crippen LogP contribution in [0.15, 0.2) is 18.2 Å². The van der Waals surface area contributed by atoms with Gasteiger partial charge in [0.25, 0.3) is 0 Å². The van der Waals surface area contributed by atoms with Gasteiger partial charge in [-0.2, -0.15) is 0 Å². The Balaban J connectivity index is 2.06. The fourth-order valence-electron chi connectivity index (χ4n) is 2.52. The number of rotatable bonds is 5. The van der Waals surface area contributed by atoms with Crippen LogP contribution in [0.3, 0.4) is 0 Å². The van der Waals surface area contributed by atoms with E-state index in [-0.39, 0.29) is 6.04 Å². The van der Waals surface area contributed by atoms with Gasteiger partial charge in [-0.15, -0.1) is 0 Å². The van der Waals surface area contributed by atoms with E-state index in [9.17, 15) is 0 Å². The van der Waals surface area contributed by atoms with Crippen LogP contribution in [0.25, 0.3) is 11.0 Å². The summed E-state index contributed by atoms with van der Waals surface area (Å²) in [6, 6.07) is 6.94. The lowest BCUT2D eigenvalue weighted by atomic mass is 10.1. The molecule has 1 aromatic heterocycles. The molecule has 1 aliphatic carbocycles. The highest BCUT2D eigenvalue weighted by Gasteiger charge is 2.28. The monoisotopic (exact) mass is 259 g/mol. The highest BCUT2D eigenvalue weighted by atomic mass is 16.5. The van der Waals surface area contributed by atoms with Crippen LogP contribution in [0.2, 0.25) is 0 Å². The van der Waals surface area contributed by atoms with Gasteiger partial charge >= 0.3 is 0 Å². The minimum atomic E-state index is 0.191. The molecule has 2 aromatic rings. The van der Waals surface area contributed by atoms with E-state index in [1.54, 1.807) is 7.11 Å². The fourth-order valence-corrected chi connectivity index (χ4v) is 2.52. The number of benzene rings is 1. The average Bonchev–Trinajstić information content (AvgIpc) is 3.19. The van der Waals surface area contributed by atoms with Crippen LogP contribution in [-0.2, 0) is 6.42 Å². The first-order chi connectivity index (χ1) is 9.22. The molecule has 1 saturated carbocycles. The van der Waals surface area contributed by atoms with E-state index < -0.39 is 0 Å². The van der Waals surface area contributed by atoms with Crippen LogP contribution in [0, 0.1) is 0 Å². The molecule has 102 valence electrons. The van der Waals surface area contributed by atoms with Crippen molar-refractivity contribution in [1.29, 1.82) is 0 Å². The fraction of sp³-hybridized carbons (Fsp3) is 0.533. The molecule has 0 bridgehead atoms. The Morgan fingerprint density at radius 1 is 1.47 bits per heavy atom. The second kappa shape index (κ2) is 4.85. The summed E-state index contributed by atoms with van der Waals surface area (Å²) >= 11 is 0. The van der Waals surface area contributed by atoms with Gasteiger partial charge in [-0.1, -0.05) is 6.92 Å². The molecule has 3 rings (SSSR count). The van der Waals surface area contributed by atoms with Gasteiger partial charge in [0.05, 0.1) is 18.1 Å². The molecule has 1 aromatic carbocycles. The average molecular weight is 259 g/mol. The molecule has 1 atom stereocenters. The van der Waals surface area contributed by atoms with Crippen LogP contribution >= 0.6 is 0 Å². The lowest BCUT2D eigenvalue weighted by molar-refractivity contribution is 0.415. The number of nitrogens with two attached hydrogens (primary N) is 1. The Morgan fingerprint density at radius 3 is 2.89 bits per heavy atom. The Kier molecular flexibility index (Phi) is 3.19. The standard InChI is InChI=1S/C15H21N3O/c1-3-10(16)8-15-17-13-9-12(19-2)6-7-14(13)18(15)11-4-5-11/h6-7,9-11H,3-5,8,16H2,1-2H3. The summed E-state index contributed by atoms with van der Waals surface area (Å²) in [6.07, 6.45) is 4.35. The highest BCUT2D eigenvalue weighted by molar-refractivity contribution is 5.78. The molecular weight excluding hydrogens is 238 g/mol. The quantitative estimate of drug-likeness (QED) is 0.898. The number of fused-ring (bicyclic) bond motifs is 1. The summed E-state index contributed by atoms with van der Waals surface area (Å²) < 4.78 is 7.66. The van der Waals surface area contributed by atoms with Crippen molar-refractivity contribution in [3.63, 3.8) is 0 Å². The normalized spacial score (nSPS) is 16.8. The zero-order valence-electron chi connectivity index (χ0n) is 11.6. The predicted molar refractivity (Wildman–Crippen MR) is 76.5 cm³/mol. The van der Waals surface area contributed by atoms with Crippen molar-refractivity contribution in [1.82, 2.24) is 9.55 Å². The summed E-state index contributed by atoms with van der Waals surface area (Å²) in [7, 11) is 1.69. The maximum atomic E-state index is 6.09. The molecular formula is C15H21N3O. The van der Waals surface area contributed by atoms with Crippen molar-refractivity contribution in [2.45, 2.75) is 44.7 Å². The zero-order chi connectivity index (χ0) is 13.4. The van der Waals surface area contributed by atoms with Gasteiger partial charge in [-0.25, -0.2) is 4.98 Å². The molecule has 1 heterocycles. The van der Waals surface area contributed by atoms with E-state index in [4.69, 9.17) is 15.5 Å². The lowest BCUT2D eigenvalue weighted by Gasteiger charge is -2.11. The Morgan fingerprint density at radius 2 is 2.26 bits per heavy atom. The van der Waals surface area contributed by atoms with Gasteiger partial charge in [0.15, 0.2) is 0 Å². The van der Waals surface area contributed by atoms with Crippen LogP contribution in [0.4, 0.5) is 0 Å². The second-order valence-electron chi connectivity index (χ2n) is 5.36. The predicted octanol–water partition coefficient (Wildman–Crippen LogP) is 2.66. The lowest BCUT2D eigenvalue weighted by Crippen LogP contribution is -2.23. The minimum Gasteiger partial charge on any atom is -0.497 e. The second-order valence-corrected chi connectivity index (χ2v) is 5.36. The maximum absolute atomic E-state index is 6.09. The number of hydrogen-bond donors (Lipinski definition) is 1. The molecule has 4 nitrogen and oxygen atoms in total. The molecule has 1 aliphatic rings. The number of methoxy groups -OCH3 is 1. The number of imidazole rings is 1. The molecule has 0 aliphatic heterocycles. The van der Waals surface area contributed by atoms with Gasteiger partial charge in [-0.3, -0.25) is 0 Å². The van der Waals surface area contributed by atoms with Crippen LogP contribution < -0.4 is 10.5 Å². The van der Waals surface area contributed by atoms with E-state index in [1.165, 1.54) is 18.4 Å². The van der Waals surface area contributed by atoms with Gasteiger partial charge < -0.3 is 15.0 Å². The van der Waals surface area contributed by atoms with Gasteiger partial charge in [0, 0.05) is 24.6 Å². The molecule has 19 heavy (non-hydrogen) atoms. The number of aromatic nitrogens is 2. The van der Waals surface area contributed by atoms with Gasteiger partial charge in [-0.05, 0) is 31.4 Å². The molecule has 2 N–H and O–H groups in total. The van der Waals surface area contributed by atoms with Crippen molar-refractivity contribution >= 4 is 11.0 Å². The van der Waals surface area contributed by atoms with E-state index in [1.807, 2.05) is 12.1 Å². The molecule has 0 radical (unpaired) electrons. The number of hydrogen-bond acceptors (Lipinski definition) is 3. The SMILES string of the molecule is CCC(N)Cc1nc2cc(OC)ccc2n1C1CC1. The smallest absolute Gasteiger partial charge is 0.121 e. The van der Waals surface area contributed by atoms with Gasteiger partial charge in [0.1, 0.15) is 11.6 Å². The molecule has 0 saturated heterocycles. The van der Waals surface area contributed by atoms with Crippen molar-refractivity contribution < 1.29 is 4.74 Å². The van der Waals surface area contributed by atoms with E-state index in [0.717, 1.165) is 29.9 Å². The molecule has 4 heteroatoms. The summed E-state index contributed by atoms with van der Waals surface area (Å²) in [5, 5.41) is 0. The molecule has 1 fully saturated rings. The first-order valence-corrected chi connectivity index (χ1v) is 7.03. The molecule has 0 spiro atoms. The van der Waals surface area contributed by atoms with Crippen LogP contribution in [0.1, 0.15) is 38.1 Å². The largest absolute Gasteiger partial charge is 0.497 e. The maximum Gasteiger partial charge on any atom is 0.121 e. The van der Waals surface area contributed by atoms with Crippen molar-refractivity contribution in [3.8, 4) is 5.75 Å². The van der Waals surface area contributed by atoms with E-state index in [2.05, 4.69) is 17.6 Å². The summed E-state index contributed by atoms with van der Waals surface area (Å²) in [6.45, 7) is 2.12. The van der Waals surface area contributed by atoms with E-state index in [0.29, 0.717) is 6.04 Å². The topological polar surface area (TPSA) is 53.1 Å². The highest BCUT2D eigenvalue weighted by Crippen LogP contribution is 2.39. The third-order valence-electron chi connectivity index (χ3n) is 3.85. The van der Waals surface area contributed by atoms with Crippen molar-refractivity contribution in [2.75, 3.05) is 7.11 Å². The number of ether oxygens (including phenoxy) is 1. The third kappa shape index (κ3) is 2.32. The summed E-state index contributed by atoms with van der Waals surface area (Å²) in [5.74, 6) is 1.99. The summed E-state index contributed by atoms with van der Waals surface area (Å²) in [4.78, 5) is 4.77. The third-order valence-corrected chi connectivity index (χ3v) is 3.85. The van der Waals surface area contributed by atoms with E-state index >= 15 is 0 Å². The van der Waals surface area contributed by atoms with Gasteiger partial charge in [0.2, 0.25) is 0 Å². The molecule has 1 unspecified atom stereocenters. The van der Waals surface area contributed by atoms with Crippen molar-refractivity contribution in [2.24, 2.45) is 5.73 Å². The minimum absolute atomic E-state index is 0.191. The number of nitrogens with zero attached hydrogens (tertiary/aromatic N) is 2. The Hall–Kier alpha value is -1.55. The first kappa shape index (κ1) is 12.5. The zero-order valence-corrected chi connectivity index (χ0v) is 11.6. The van der Waals surface area contributed by atoms with Crippen LogP contribution in [-0.4, -0.2) is 22.7 Å². The molecule has 0 amide bonds. The Labute approximate surface area is 113 Å². The first-order valence-electron chi connectivity index (χ1n) is 7.03. The van der Waals surface area contributed by atoms with Crippen molar-refractivity contribution in [3.05, 3.63) is 24.0 Å². The Bertz CT molecular complexity index is 586. The summed E-state index contributed by atoms with van der Waals surface area (Å²) in [5.41, 5.74) is 8.32.